The molecule has 0 aliphatic heterocycles. The molecule has 3 heterocycles. The van der Waals surface area contributed by atoms with Gasteiger partial charge in [-0.25, -0.2) is 15.0 Å². The van der Waals surface area contributed by atoms with Gasteiger partial charge in [-0.2, -0.15) is 0 Å². The number of rotatable bonds is 7. The Morgan fingerprint density at radius 1 is 0.371 bits per heavy atom. The van der Waals surface area contributed by atoms with E-state index in [1.165, 1.54) is 43.5 Å². The smallest absolute Gasteiger partial charge is 0.164 e. The van der Waals surface area contributed by atoms with Crippen molar-refractivity contribution < 1.29 is 0 Å². The van der Waals surface area contributed by atoms with E-state index in [4.69, 9.17) is 19.9 Å². The first-order valence-electron chi connectivity index (χ1n) is 20.9. The summed E-state index contributed by atoms with van der Waals surface area (Å²) < 4.78 is 2.37. The second kappa shape index (κ2) is 14.7. The van der Waals surface area contributed by atoms with Gasteiger partial charge < -0.3 is 0 Å². The predicted octanol–water partition coefficient (Wildman–Crippen LogP) is 14.3. The van der Waals surface area contributed by atoms with Crippen LogP contribution < -0.4 is 0 Å². The maximum Gasteiger partial charge on any atom is 0.164 e. The van der Waals surface area contributed by atoms with Gasteiger partial charge in [0, 0.05) is 38.5 Å². The number of fused-ring (bicyclic) bond motifs is 6. The van der Waals surface area contributed by atoms with Crippen molar-refractivity contribution in [2.45, 2.75) is 5.41 Å². The summed E-state index contributed by atoms with van der Waals surface area (Å²) in [6.07, 6.45) is 1.93. The molecule has 1 aliphatic carbocycles. The van der Waals surface area contributed by atoms with Gasteiger partial charge in [0.2, 0.25) is 0 Å². The van der Waals surface area contributed by atoms with Crippen LogP contribution in [0.25, 0.3) is 87.8 Å². The Hall–Kier alpha value is -7.86. The van der Waals surface area contributed by atoms with Crippen LogP contribution in [0.4, 0.5) is 0 Å². The first-order chi connectivity index (χ1) is 30.8. The molecule has 8 aromatic carbocycles. The van der Waals surface area contributed by atoms with Gasteiger partial charge in [-0.05, 0) is 68.3 Å². The lowest BCUT2D eigenvalue weighted by atomic mass is 9.67. The molecule has 4 nitrogen and oxygen atoms in total. The predicted molar refractivity (Wildman–Crippen MR) is 255 cm³/mol. The fourth-order valence-corrected chi connectivity index (χ4v) is 10.8. The van der Waals surface area contributed by atoms with E-state index in [0.29, 0.717) is 17.5 Å². The van der Waals surface area contributed by atoms with E-state index in [1.807, 2.05) is 42.6 Å². The summed E-state index contributed by atoms with van der Waals surface area (Å²) in [5.74, 6) is 1.85. The summed E-state index contributed by atoms with van der Waals surface area (Å²) in [5.41, 5.74) is 15.0. The summed E-state index contributed by atoms with van der Waals surface area (Å²) in [6, 6.07) is 75.6. The summed E-state index contributed by atoms with van der Waals surface area (Å²) >= 11 is 1.79. The highest BCUT2D eigenvalue weighted by molar-refractivity contribution is 7.26. The van der Waals surface area contributed by atoms with E-state index in [0.717, 1.165) is 49.2 Å². The number of thiophene rings is 1. The van der Waals surface area contributed by atoms with Gasteiger partial charge in [-0.1, -0.05) is 194 Å². The summed E-state index contributed by atoms with van der Waals surface area (Å²) in [7, 11) is 0. The Morgan fingerprint density at radius 2 is 0.935 bits per heavy atom. The molecule has 0 amide bonds. The minimum absolute atomic E-state index is 0.539. The van der Waals surface area contributed by atoms with Gasteiger partial charge >= 0.3 is 0 Å². The average Bonchev–Trinajstić information content (AvgIpc) is 3.89. The lowest BCUT2D eigenvalue weighted by Crippen LogP contribution is -2.28. The van der Waals surface area contributed by atoms with Gasteiger partial charge in [0.1, 0.15) is 0 Å². The average molecular weight is 809 g/mol. The quantitative estimate of drug-likeness (QED) is 0.161. The number of hydrogen-bond donors (Lipinski definition) is 0. The lowest BCUT2D eigenvalue weighted by Gasteiger charge is -2.34. The minimum Gasteiger partial charge on any atom is -0.255 e. The van der Waals surface area contributed by atoms with Gasteiger partial charge in [0.05, 0.1) is 15.6 Å². The standard InChI is InChI=1S/C57H36N4S/c1-5-18-37(19-6-1)54-59-55(38-20-7-2-8-21-38)61-56(60-54)47-36-39(42-34-35-58-52-46-27-14-16-31-50(46)62-53(42)52)32-33-43(47)44-28-17-30-49-51(44)45-26-13-15-29-48(45)57(49,40-22-9-3-10-23-40)41-24-11-4-12-25-41/h1-36H. The van der Waals surface area contributed by atoms with Crippen molar-refractivity contribution >= 4 is 31.6 Å². The monoisotopic (exact) mass is 808 g/mol. The van der Waals surface area contributed by atoms with Crippen LogP contribution in [-0.2, 0) is 5.41 Å². The van der Waals surface area contributed by atoms with Gasteiger partial charge in [0.15, 0.2) is 17.5 Å². The number of nitrogens with zero attached hydrogens (tertiary/aromatic N) is 4. The molecule has 0 fully saturated rings. The van der Waals surface area contributed by atoms with Crippen molar-refractivity contribution in [2.24, 2.45) is 0 Å². The molecule has 5 heteroatoms. The number of aromatic nitrogens is 4. The van der Waals surface area contributed by atoms with E-state index >= 15 is 0 Å². The van der Waals surface area contributed by atoms with Crippen LogP contribution in [0.1, 0.15) is 22.3 Å². The Morgan fingerprint density at radius 3 is 1.63 bits per heavy atom. The molecule has 0 atom stereocenters. The molecule has 0 saturated carbocycles. The van der Waals surface area contributed by atoms with Gasteiger partial charge in [-0.15, -0.1) is 11.3 Å². The highest BCUT2D eigenvalue weighted by Gasteiger charge is 2.46. The Kier molecular flexibility index (Phi) is 8.54. The normalized spacial score (nSPS) is 12.6. The van der Waals surface area contributed by atoms with Crippen LogP contribution in [0.2, 0.25) is 0 Å². The summed E-state index contributed by atoms with van der Waals surface area (Å²) in [5, 5.41) is 1.17. The molecule has 62 heavy (non-hydrogen) atoms. The first-order valence-corrected chi connectivity index (χ1v) is 21.7. The second-order valence-electron chi connectivity index (χ2n) is 15.7. The summed E-state index contributed by atoms with van der Waals surface area (Å²) in [6.45, 7) is 0. The van der Waals surface area contributed by atoms with Gasteiger partial charge in [0.25, 0.3) is 0 Å². The van der Waals surface area contributed by atoms with Crippen LogP contribution >= 0.6 is 11.3 Å². The number of benzene rings is 8. The molecule has 0 saturated heterocycles. The van der Waals surface area contributed by atoms with Gasteiger partial charge in [-0.3, -0.25) is 4.98 Å². The van der Waals surface area contributed by atoms with E-state index in [1.54, 1.807) is 11.3 Å². The van der Waals surface area contributed by atoms with Crippen molar-refractivity contribution in [3.63, 3.8) is 0 Å². The van der Waals surface area contributed by atoms with Crippen molar-refractivity contribution in [3.05, 3.63) is 241 Å². The molecular formula is C57H36N4S. The zero-order chi connectivity index (χ0) is 41.0. The molecule has 11 aromatic rings. The van der Waals surface area contributed by atoms with E-state index in [9.17, 15) is 0 Å². The molecule has 0 spiro atoms. The van der Waals surface area contributed by atoms with E-state index in [-0.39, 0.29) is 0 Å². The second-order valence-corrected chi connectivity index (χ2v) is 16.7. The maximum atomic E-state index is 5.35. The molecule has 0 radical (unpaired) electrons. The Labute approximate surface area is 363 Å². The number of pyridine rings is 1. The largest absolute Gasteiger partial charge is 0.255 e. The minimum atomic E-state index is -0.539. The molecule has 0 N–H and O–H groups in total. The number of hydrogen-bond acceptors (Lipinski definition) is 5. The highest BCUT2D eigenvalue weighted by Crippen LogP contribution is 2.59. The fraction of sp³-hybridized carbons (Fsp3) is 0.0175. The zero-order valence-corrected chi connectivity index (χ0v) is 34.3. The SMILES string of the molecule is c1ccc(-c2nc(-c3ccccc3)nc(-c3cc(-c4ccnc5c4sc4ccccc45)ccc3-c3cccc4c3-c3ccccc3C4(c3ccccc3)c3ccccc3)n2)cc1. The third-order valence-electron chi connectivity index (χ3n) is 12.3. The molecule has 12 rings (SSSR count). The van der Waals surface area contributed by atoms with Crippen LogP contribution in [0.15, 0.2) is 219 Å². The van der Waals surface area contributed by atoms with Crippen LogP contribution in [0.5, 0.6) is 0 Å². The zero-order valence-electron chi connectivity index (χ0n) is 33.5. The molecular weight excluding hydrogens is 773 g/mol. The lowest BCUT2D eigenvalue weighted by molar-refractivity contribution is 0.768. The third-order valence-corrected chi connectivity index (χ3v) is 13.5. The molecule has 1 aliphatic rings. The maximum absolute atomic E-state index is 5.35. The first kappa shape index (κ1) is 36.0. The van der Waals surface area contributed by atoms with Crippen molar-refractivity contribution in [1.29, 1.82) is 0 Å². The highest BCUT2D eigenvalue weighted by atomic mass is 32.1. The summed E-state index contributed by atoms with van der Waals surface area (Å²) in [4.78, 5) is 20.7. The topological polar surface area (TPSA) is 51.6 Å². The molecule has 3 aromatic heterocycles. The molecule has 0 unspecified atom stereocenters. The Bertz CT molecular complexity index is 3360. The van der Waals surface area contributed by atoms with E-state index < -0.39 is 5.41 Å². The van der Waals surface area contributed by atoms with Crippen LogP contribution in [0, 0.1) is 0 Å². The third kappa shape index (κ3) is 5.67. The van der Waals surface area contributed by atoms with E-state index in [2.05, 4.69) is 176 Å². The Balaban J connectivity index is 1.17. The van der Waals surface area contributed by atoms with Crippen molar-refractivity contribution in [3.8, 4) is 67.5 Å². The molecule has 0 bridgehead atoms. The molecule has 290 valence electrons. The van der Waals surface area contributed by atoms with Crippen molar-refractivity contribution in [1.82, 2.24) is 19.9 Å². The van der Waals surface area contributed by atoms with Crippen molar-refractivity contribution in [2.75, 3.05) is 0 Å². The van der Waals surface area contributed by atoms with Crippen LogP contribution in [-0.4, -0.2) is 19.9 Å². The van der Waals surface area contributed by atoms with Crippen LogP contribution in [0.3, 0.4) is 0 Å². The fourth-order valence-electron chi connectivity index (χ4n) is 9.61.